The number of nitrogens with zero attached hydrogens (tertiary/aromatic N) is 2. The zero-order valence-corrected chi connectivity index (χ0v) is 24.1. The lowest BCUT2D eigenvalue weighted by Crippen LogP contribution is -2.51. The number of esters is 1. The number of amides is 1. The molecule has 1 saturated carbocycles. The van der Waals surface area contributed by atoms with Gasteiger partial charge in [0.15, 0.2) is 17.6 Å². The van der Waals surface area contributed by atoms with Gasteiger partial charge in [-0.1, -0.05) is 61.4 Å². The molecule has 0 spiro atoms. The second kappa shape index (κ2) is 13.5. The maximum Gasteiger partial charge on any atom is 0.329 e. The first kappa shape index (κ1) is 29.2. The molecular weight excluding hydrogens is 532 g/mol. The molecule has 8 heteroatoms. The number of fused-ring (bicyclic) bond motifs is 1. The van der Waals surface area contributed by atoms with E-state index >= 15 is 0 Å². The number of nitriles is 1. The molecule has 0 radical (unpaired) electrons. The fourth-order valence-electron chi connectivity index (χ4n) is 5.72. The van der Waals surface area contributed by atoms with Crippen LogP contribution in [0.15, 0.2) is 66.7 Å². The first-order valence-corrected chi connectivity index (χ1v) is 14.5. The number of ether oxygens (including phenoxy) is 4. The van der Waals surface area contributed by atoms with Crippen molar-refractivity contribution in [2.24, 2.45) is 0 Å². The summed E-state index contributed by atoms with van der Waals surface area (Å²) in [4.78, 5) is 29.3. The van der Waals surface area contributed by atoms with Crippen LogP contribution >= 0.6 is 0 Å². The molecule has 2 unspecified atom stereocenters. The monoisotopic (exact) mass is 568 g/mol. The standard InChI is InChI=1S/C34H36N2O6/c1-3-40-34(38)29-19-28-26(17-18-30(39-2)32(28)41-22-24-15-13-23(20-35)14-16-24)21-36(29)33(37)31(25-9-5-4-6-10-25)42-27-11-7-8-12-27/h4-6,9-10,13-18,27,29,31H,3,7-8,11-12,19,21-22H2,1-2H3. The lowest BCUT2D eigenvalue weighted by molar-refractivity contribution is -0.163. The summed E-state index contributed by atoms with van der Waals surface area (Å²) in [5, 5.41) is 9.10. The Balaban J connectivity index is 1.47. The molecule has 3 aromatic carbocycles. The molecule has 5 rings (SSSR count). The van der Waals surface area contributed by atoms with Gasteiger partial charge < -0.3 is 23.8 Å². The lowest BCUT2D eigenvalue weighted by atomic mass is 9.91. The fraction of sp³-hybridized carbons (Fsp3) is 0.382. The molecule has 1 heterocycles. The van der Waals surface area contributed by atoms with Crippen molar-refractivity contribution in [3.05, 3.63) is 94.5 Å². The molecular formula is C34H36N2O6. The average Bonchev–Trinajstić information content (AvgIpc) is 3.55. The number of hydrogen-bond donors (Lipinski definition) is 0. The van der Waals surface area contributed by atoms with Crippen LogP contribution in [0, 0.1) is 11.3 Å². The number of benzene rings is 3. The molecule has 8 nitrogen and oxygen atoms in total. The van der Waals surface area contributed by atoms with Crippen molar-refractivity contribution in [1.29, 1.82) is 5.26 Å². The maximum atomic E-state index is 14.3. The average molecular weight is 569 g/mol. The SMILES string of the molecule is CCOC(=O)C1Cc2c(ccc(OC)c2OCc2ccc(C#N)cc2)CN1C(=O)C(OC1CCCC1)c1ccccc1. The van der Waals surface area contributed by atoms with E-state index in [0.717, 1.165) is 47.9 Å². The van der Waals surface area contributed by atoms with Crippen molar-refractivity contribution in [1.82, 2.24) is 4.90 Å². The zero-order chi connectivity index (χ0) is 29.5. The highest BCUT2D eigenvalue weighted by atomic mass is 16.5. The second-order valence-electron chi connectivity index (χ2n) is 10.6. The zero-order valence-electron chi connectivity index (χ0n) is 24.1. The van der Waals surface area contributed by atoms with Gasteiger partial charge in [-0.05, 0) is 54.7 Å². The molecule has 0 aromatic heterocycles. The highest BCUT2D eigenvalue weighted by Crippen LogP contribution is 2.40. The summed E-state index contributed by atoms with van der Waals surface area (Å²) in [5.41, 5.74) is 3.90. The summed E-state index contributed by atoms with van der Waals surface area (Å²) < 4.78 is 23.8. The van der Waals surface area contributed by atoms with Crippen molar-refractivity contribution in [2.45, 2.75) is 70.4 Å². The summed E-state index contributed by atoms with van der Waals surface area (Å²) in [7, 11) is 1.57. The van der Waals surface area contributed by atoms with Crippen molar-refractivity contribution >= 4 is 11.9 Å². The minimum Gasteiger partial charge on any atom is -0.493 e. The minimum absolute atomic E-state index is 0.00349. The van der Waals surface area contributed by atoms with Gasteiger partial charge in [0.25, 0.3) is 5.91 Å². The number of carbonyl (C=O) groups is 2. The first-order valence-electron chi connectivity index (χ1n) is 14.5. The summed E-state index contributed by atoms with van der Waals surface area (Å²) in [6, 6.07) is 21.7. The number of carbonyl (C=O) groups excluding carboxylic acids is 2. The van der Waals surface area contributed by atoms with E-state index in [1.54, 1.807) is 31.1 Å². The van der Waals surface area contributed by atoms with E-state index in [1.165, 1.54) is 0 Å². The molecule has 218 valence electrons. The van der Waals surface area contributed by atoms with E-state index in [4.69, 9.17) is 24.2 Å². The van der Waals surface area contributed by atoms with E-state index in [1.807, 2.05) is 54.6 Å². The van der Waals surface area contributed by atoms with Crippen molar-refractivity contribution in [2.75, 3.05) is 13.7 Å². The third-order valence-electron chi connectivity index (χ3n) is 7.92. The molecule has 0 bridgehead atoms. The summed E-state index contributed by atoms with van der Waals surface area (Å²) in [6.45, 7) is 2.40. The van der Waals surface area contributed by atoms with E-state index in [2.05, 4.69) is 6.07 Å². The van der Waals surface area contributed by atoms with Gasteiger partial charge in [0, 0.05) is 18.5 Å². The van der Waals surface area contributed by atoms with Gasteiger partial charge in [-0.3, -0.25) is 4.79 Å². The van der Waals surface area contributed by atoms with Crippen LogP contribution in [0.25, 0.3) is 0 Å². The van der Waals surface area contributed by atoms with Crippen LogP contribution in [0.1, 0.15) is 66.5 Å². The third-order valence-corrected chi connectivity index (χ3v) is 7.92. The summed E-state index contributed by atoms with van der Waals surface area (Å²) in [5.74, 6) is 0.344. The molecule has 3 aromatic rings. The molecule has 1 fully saturated rings. The Morgan fingerprint density at radius 2 is 1.76 bits per heavy atom. The Morgan fingerprint density at radius 1 is 1.02 bits per heavy atom. The van der Waals surface area contributed by atoms with Crippen LogP contribution in [0.3, 0.4) is 0 Å². The molecule has 1 amide bonds. The predicted molar refractivity (Wildman–Crippen MR) is 156 cm³/mol. The maximum absolute atomic E-state index is 14.3. The van der Waals surface area contributed by atoms with Crippen molar-refractivity contribution in [3.8, 4) is 17.6 Å². The van der Waals surface area contributed by atoms with Gasteiger partial charge in [-0.15, -0.1) is 0 Å². The van der Waals surface area contributed by atoms with Crippen LogP contribution in [-0.4, -0.2) is 42.6 Å². The number of rotatable bonds is 10. The molecule has 0 N–H and O–H groups in total. The van der Waals surface area contributed by atoms with Crippen molar-refractivity contribution in [3.63, 3.8) is 0 Å². The van der Waals surface area contributed by atoms with E-state index < -0.39 is 18.1 Å². The van der Waals surface area contributed by atoms with Gasteiger partial charge in [0.1, 0.15) is 12.6 Å². The normalized spacial score (nSPS) is 17.2. The largest absolute Gasteiger partial charge is 0.493 e. The van der Waals surface area contributed by atoms with E-state index in [0.29, 0.717) is 17.1 Å². The molecule has 42 heavy (non-hydrogen) atoms. The molecule has 2 atom stereocenters. The van der Waals surface area contributed by atoms with Gasteiger partial charge in [0.05, 0.1) is 31.5 Å². The molecule has 0 saturated heterocycles. The van der Waals surface area contributed by atoms with E-state index in [-0.39, 0.29) is 38.2 Å². The van der Waals surface area contributed by atoms with Crippen LogP contribution in [0.4, 0.5) is 0 Å². The van der Waals surface area contributed by atoms with Crippen LogP contribution in [0.5, 0.6) is 11.5 Å². The minimum atomic E-state index is -0.854. The lowest BCUT2D eigenvalue weighted by Gasteiger charge is -2.38. The summed E-state index contributed by atoms with van der Waals surface area (Å²) in [6.07, 6.45) is 3.39. The van der Waals surface area contributed by atoms with Crippen LogP contribution < -0.4 is 9.47 Å². The highest BCUT2D eigenvalue weighted by Gasteiger charge is 2.41. The highest BCUT2D eigenvalue weighted by molar-refractivity contribution is 5.89. The van der Waals surface area contributed by atoms with Crippen molar-refractivity contribution < 1.29 is 28.5 Å². The predicted octanol–water partition coefficient (Wildman–Crippen LogP) is 5.66. The fourth-order valence-corrected chi connectivity index (χ4v) is 5.72. The van der Waals surface area contributed by atoms with Gasteiger partial charge in [-0.2, -0.15) is 5.26 Å². The molecule has 2 aliphatic rings. The summed E-state index contributed by atoms with van der Waals surface area (Å²) >= 11 is 0. The smallest absolute Gasteiger partial charge is 0.329 e. The Morgan fingerprint density at radius 3 is 2.43 bits per heavy atom. The van der Waals surface area contributed by atoms with E-state index in [9.17, 15) is 9.59 Å². The Kier molecular flexibility index (Phi) is 9.40. The topological polar surface area (TPSA) is 98.1 Å². The van der Waals surface area contributed by atoms with Gasteiger partial charge in [0.2, 0.25) is 0 Å². The number of hydrogen-bond acceptors (Lipinski definition) is 7. The van der Waals surface area contributed by atoms with Gasteiger partial charge >= 0.3 is 5.97 Å². The molecule has 1 aliphatic carbocycles. The van der Waals surface area contributed by atoms with Crippen LogP contribution in [0.2, 0.25) is 0 Å². The first-order chi connectivity index (χ1) is 20.5. The molecule has 1 aliphatic heterocycles. The second-order valence-corrected chi connectivity index (χ2v) is 10.6. The third kappa shape index (κ3) is 6.42. The quantitative estimate of drug-likeness (QED) is 0.291. The number of methoxy groups -OCH3 is 1. The Hall–Kier alpha value is -4.35. The Bertz CT molecular complexity index is 1430. The van der Waals surface area contributed by atoms with Crippen LogP contribution in [-0.2, 0) is 38.6 Å². The Labute approximate surface area is 246 Å². The van der Waals surface area contributed by atoms with Gasteiger partial charge in [-0.25, -0.2) is 4.79 Å².